The van der Waals surface area contributed by atoms with E-state index in [9.17, 15) is 4.79 Å². The molecule has 0 unspecified atom stereocenters. The third kappa shape index (κ3) is 1.83. The Morgan fingerprint density at radius 3 is 2.88 bits per heavy atom. The van der Waals surface area contributed by atoms with Gasteiger partial charge in [0.2, 0.25) is 5.78 Å². The first-order chi connectivity index (χ1) is 7.59. The van der Waals surface area contributed by atoms with E-state index < -0.39 is 0 Å². The van der Waals surface area contributed by atoms with Crippen LogP contribution in [-0.2, 0) is 11.2 Å². The van der Waals surface area contributed by atoms with Crippen LogP contribution in [0, 0.1) is 0 Å². The Hall–Kier alpha value is -1.71. The molecule has 2 rings (SSSR count). The van der Waals surface area contributed by atoms with Crippen molar-refractivity contribution in [2.24, 2.45) is 0 Å². The number of carbonyl (C=O) groups excluding carboxylic acids is 1. The topological polar surface area (TPSA) is 47.3 Å². The molecule has 2 aromatic rings. The Labute approximate surface area is 94.3 Å². The Morgan fingerprint density at radius 1 is 1.50 bits per heavy atom. The largest absolute Gasteiger partial charge is 0.300 e. The molecule has 0 saturated carbocycles. The van der Waals surface area contributed by atoms with Crippen LogP contribution >= 0.6 is 0 Å². The molecule has 2 heterocycles. The zero-order chi connectivity index (χ0) is 11.7. The van der Waals surface area contributed by atoms with Gasteiger partial charge in [-0.2, -0.15) is 0 Å². The summed E-state index contributed by atoms with van der Waals surface area (Å²) in [7, 11) is 0. The van der Waals surface area contributed by atoms with Crippen molar-refractivity contribution >= 4 is 11.6 Å². The van der Waals surface area contributed by atoms with Crippen molar-refractivity contribution in [2.45, 2.75) is 33.1 Å². The van der Waals surface area contributed by atoms with Crippen LogP contribution in [0.3, 0.4) is 0 Å². The van der Waals surface area contributed by atoms with Gasteiger partial charge in [0.15, 0.2) is 0 Å². The molecular formula is C12H15N3O. The zero-order valence-corrected chi connectivity index (χ0v) is 9.77. The van der Waals surface area contributed by atoms with Gasteiger partial charge in [-0.25, -0.2) is 9.97 Å². The molecular weight excluding hydrogens is 202 g/mol. The number of ketones is 1. The summed E-state index contributed by atoms with van der Waals surface area (Å²) in [4.78, 5) is 19.9. The number of nitrogens with zero attached hydrogens (tertiary/aromatic N) is 3. The minimum absolute atomic E-state index is 0.146. The smallest absolute Gasteiger partial charge is 0.234 e. The van der Waals surface area contributed by atoms with Gasteiger partial charge >= 0.3 is 0 Å². The third-order valence-corrected chi connectivity index (χ3v) is 2.50. The summed E-state index contributed by atoms with van der Waals surface area (Å²) in [5, 5.41) is 0. The van der Waals surface area contributed by atoms with E-state index >= 15 is 0 Å². The quantitative estimate of drug-likeness (QED) is 0.789. The van der Waals surface area contributed by atoms with Crippen LogP contribution in [0.4, 0.5) is 0 Å². The standard InChI is InChI=1S/C12H15N3O/c1-8(2)11-10(7-9(3)16)15-6-4-5-13-12(15)14-11/h4-6,8H,7H2,1-3H3. The summed E-state index contributed by atoms with van der Waals surface area (Å²) in [6.07, 6.45) is 4.03. The lowest BCUT2D eigenvalue weighted by Crippen LogP contribution is -2.04. The van der Waals surface area contributed by atoms with E-state index in [1.54, 1.807) is 13.1 Å². The van der Waals surface area contributed by atoms with Crippen LogP contribution in [0.2, 0.25) is 0 Å². The second-order valence-corrected chi connectivity index (χ2v) is 4.27. The lowest BCUT2D eigenvalue weighted by molar-refractivity contribution is -0.116. The highest BCUT2D eigenvalue weighted by Crippen LogP contribution is 2.20. The second-order valence-electron chi connectivity index (χ2n) is 4.27. The van der Waals surface area contributed by atoms with Crippen LogP contribution in [-0.4, -0.2) is 20.2 Å². The first-order valence-electron chi connectivity index (χ1n) is 5.41. The van der Waals surface area contributed by atoms with E-state index in [1.807, 2.05) is 16.7 Å². The number of rotatable bonds is 3. The van der Waals surface area contributed by atoms with Crippen molar-refractivity contribution in [3.63, 3.8) is 0 Å². The number of aromatic nitrogens is 3. The summed E-state index contributed by atoms with van der Waals surface area (Å²) in [5.41, 5.74) is 1.93. The van der Waals surface area contributed by atoms with Crippen molar-refractivity contribution in [1.29, 1.82) is 0 Å². The minimum atomic E-state index is 0.146. The minimum Gasteiger partial charge on any atom is -0.300 e. The van der Waals surface area contributed by atoms with Gasteiger partial charge in [-0.1, -0.05) is 13.8 Å². The molecule has 4 heteroatoms. The Kier molecular flexibility index (Phi) is 2.73. The molecule has 0 saturated heterocycles. The third-order valence-electron chi connectivity index (χ3n) is 2.50. The molecule has 0 amide bonds. The Bertz CT molecular complexity index is 528. The van der Waals surface area contributed by atoms with Crippen LogP contribution in [0.15, 0.2) is 18.5 Å². The molecule has 0 radical (unpaired) electrons. The molecule has 0 aliphatic rings. The highest BCUT2D eigenvalue weighted by atomic mass is 16.1. The average Bonchev–Trinajstić information content (AvgIpc) is 2.57. The average molecular weight is 217 g/mol. The van der Waals surface area contributed by atoms with E-state index in [0.29, 0.717) is 18.1 Å². The molecule has 4 nitrogen and oxygen atoms in total. The van der Waals surface area contributed by atoms with Crippen molar-refractivity contribution in [3.8, 4) is 0 Å². The number of Topliss-reactive ketones (excluding diaryl/α,β-unsaturated/α-hetero) is 1. The lowest BCUT2D eigenvalue weighted by Gasteiger charge is -2.04. The molecule has 84 valence electrons. The number of imidazole rings is 1. The van der Waals surface area contributed by atoms with Gasteiger partial charge in [-0.05, 0) is 18.9 Å². The van der Waals surface area contributed by atoms with Crippen LogP contribution in [0.1, 0.15) is 38.1 Å². The molecule has 16 heavy (non-hydrogen) atoms. The molecule has 0 aliphatic carbocycles. The van der Waals surface area contributed by atoms with Gasteiger partial charge in [0.05, 0.1) is 11.4 Å². The Morgan fingerprint density at radius 2 is 2.25 bits per heavy atom. The normalized spacial score (nSPS) is 11.2. The fourth-order valence-electron chi connectivity index (χ4n) is 1.83. The number of fused-ring (bicyclic) bond motifs is 1. The van der Waals surface area contributed by atoms with Crippen LogP contribution in [0.5, 0.6) is 0 Å². The van der Waals surface area contributed by atoms with Gasteiger partial charge in [0.25, 0.3) is 0 Å². The van der Waals surface area contributed by atoms with E-state index in [0.717, 1.165) is 11.4 Å². The lowest BCUT2D eigenvalue weighted by atomic mass is 10.1. The van der Waals surface area contributed by atoms with Gasteiger partial charge in [-0.15, -0.1) is 0 Å². The second kappa shape index (κ2) is 4.04. The van der Waals surface area contributed by atoms with Crippen LogP contribution < -0.4 is 0 Å². The zero-order valence-electron chi connectivity index (χ0n) is 9.77. The molecule has 2 aromatic heterocycles. The highest BCUT2D eigenvalue weighted by molar-refractivity contribution is 5.78. The fourth-order valence-corrected chi connectivity index (χ4v) is 1.83. The first-order valence-corrected chi connectivity index (χ1v) is 5.41. The maximum absolute atomic E-state index is 11.3. The SMILES string of the molecule is CC(=O)Cc1c(C(C)C)nc2ncccn12. The number of hydrogen-bond donors (Lipinski definition) is 0. The maximum atomic E-state index is 11.3. The summed E-state index contributed by atoms with van der Waals surface area (Å²) in [6, 6.07) is 1.85. The molecule has 0 aliphatic heterocycles. The summed E-state index contributed by atoms with van der Waals surface area (Å²) in [6.45, 7) is 5.75. The summed E-state index contributed by atoms with van der Waals surface area (Å²) >= 11 is 0. The molecule has 0 N–H and O–H groups in total. The van der Waals surface area contributed by atoms with Gasteiger partial charge in [-0.3, -0.25) is 9.20 Å². The van der Waals surface area contributed by atoms with Gasteiger partial charge < -0.3 is 0 Å². The molecule has 0 bridgehead atoms. The highest BCUT2D eigenvalue weighted by Gasteiger charge is 2.16. The number of carbonyl (C=O) groups is 1. The molecule has 0 fully saturated rings. The van der Waals surface area contributed by atoms with Crippen molar-refractivity contribution in [3.05, 3.63) is 29.8 Å². The van der Waals surface area contributed by atoms with Crippen molar-refractivity contribution < 1.29 is 4.79 Å². The molecule has 0 atom stereocenters. The van der Waals surface area contributed by atoms with E-state index in [1.165, 1.54) is 0 Å². The number of hydrogen-bond acceptors (Lipinski definition) is 3. The predicted molar refractivity (Wildman–Crippen MR) is 61.5 cm³/mol. The summed E-state index contributed by atoms with van der Waals surface area (Å²) in [5.74, 6) is 1.12. The van der Waals surface area contributed by atoms with E-state index in [4.69, 9.17) is 0 Å². The predicted octanol–water partition coefficient (Wildman–Crippen LogP) is 1.98. The molecule has 0 aromatic carbocycles. The first kappa shape index (κ1) is 10.8. The van der Waals surface area contributed by atoms with Crippen molar-refractivity contribution in [1.82, 2.24) is 14.4 Å². The monoisotopic (exact) mass is 217 g/mol. The van der Waals surface area contributed by atoms with Gasteiger partial charge in [0, 0.05) is 18.8 Å². The molecule has 0 spiro atoms. The van der Waals surface area contributed by atoms with E-state index in [2.05, 4.69) is 23.8 Å². The van der Waals surface area contributed by atoms with Gasteiger partial charge in [0.1, 0.15) is 5.78 Å². The van der Waals surface area contributed by atoms with E-state index in [-0.39, 0.29) is 5.78 Å². The maximum Gasteiger partial charge on any atom is 0.234 e. The summed E-state index contributed by atoms with van der Waals surface area (Å²) < 4.78 is 1.90. The Balaban J connectivity index is 2.64. The van der Waals surface area contributed by atoms with Crippen molar-refractivity contribution in [2.75, 3.05) is 0 Å². The fraction of sp³-hybridized carbons (Fsp3) is 0.417. The van der Waals surface area contributed by atoms with Crippen LogP contribution in [0.25, 0.3) is 5.78 Å².